The van der Waals surface area contributed by atoms with Crippen molar-refractivity contribution in [3.8, 4) is 0 Å². The fraction of sp³-hybridized carbons (Fsp3) is 0.462. The number of nitrogens with zero attached hydrogens (tertiary/aromatic N) is 1. The minimum absolute atomic E-state index is 0.109. The molecule has 6 heteroatoms. The second kappa shape index (κ2) is 6.49. The van der Waals surface area contributed by atoms with E-state index in [1.807, 2.05) is 13.8 Å². The molecule has 0 bridgehead atoms. The molecule has 0 unspecified atom stereocenters. The highest BCUT2D eigenvalue weighted by atomic mass is 19.1. The highest BCUT2D eigenvalue weighted by molar-refractivity contribution is 5.98. The molecule has 0 atom stereocenters. The maximum atomic E-state index is 13.2. The van der Waals surface area contributed by atoms with E-state index < -0.39 is 5.82 Å². The molecule has 1 rings (SSSR count). The van der Waals surface area contributed by atoms with Crippen molar-refractivity contribution in [2.45, 2.75) is 26.0 Å². The minimum atomic E-state index is -0.428. The molecule has 0 aliphatic rings. The summed E-state index contributed by atoms with van der Waals surface area (Å²) >= 11 is 0. The van der Waals surface area contributed by atoms with Crippen LogP contribution in [0.2, 0.25) is 0 Å². The summed E-state index contributed by atoms with van der Waals surface area (Å²) in [5, 5.41) is 14.8. The zero-order chi connectivity index (χ0) is 14.5. The maximum Gasteiger partial charge on any atom is 0.170 e. The minimum Gasteiger partial charge on any atom is -0.409 e. The fourth-order valence-electron chi connectivity index (χ4n) is 1.57. The number of amidine groups is 1. The number of hydrogen-bond donors (Lipinski definition) is 3. The standard InChI is InChI=1S/C13H20FN3O2/c1-13(2,19-3)8-16-7-9-4-5-10(14)6-11(9)12(15)17-18/h4-6,16,18H,7-8H2,1-3H3,(H2,15,17). The number of rotatable bonds is 6. The summed E-state index contributed by atoms with van der Waals surface area (Å²) in [6.07, 6.45) is 0. The highest BCUT2D eigenvalue weighted by Gasteiger charge is 2.16. The SMILES string of the molecule is COC(C)(C)CNCc1ccc(F)cc1/C(N)=N/O. The number of ether oxygens (including phenoxy) is 1. The molecule has 1 aromatic carbocycles. The Balaban J connectivity index is 2.79. The quantitative estimate of drug-likeness (QED) is 0.316. The zero-order valence-corrected chi connectivity index (χ0v) is 11.4. The molecule has 4 N–H and O–H groups in total. The summed E-state index contributed by atoms with van der Waals surface area (Å²) in [4.78, 5) is 0. The van der Waals surface area contributed by atoms with E-state index in [-0.39, 0.29) is 11.4 Å². The average Bonchev–Trinajstić information content (AvgIpc) is 2.39. The lowest BCUT2D eigenvalue weighted by atomic mass is 10.1. The number of methoxy groups -OCH3 is 1. The van der Waals surface area contributed by atoms with Gasteiger partial charge in [-0.05, 0) is 31.5 Å². The van der Waals surface area contributed by atoms with Crippen LogP contribution in [-0.4, -0.2) is 30.3 Å². The van der Waals surface area contributed by atoms with Crippen LogP contribution < -0.4 is 11.1 Å². The molecule has 106 valence electrons. The number of nitrogens with two attached hydrogens (primary N) is 1. The van der Waals surface area contributed by atoms with Crippen molar-refractivity contribution >= 4 is 5.84 Å². The van der Waals surface area contributed by atoms with Crippen molar-refractivity contribution in [1.82, 2.24) is 5.32 Å². The average molecular weight is 269 g/mol. The third-order valence-corrected chi connectivity index (χ3v) is 2.87. The van der Waals surface area contributed by atoms with E-state index in [4.69, 9.17) is 15.7 Å². The molecule has 0 aromatic heterocycles. The van der Waals surface area contributed by atoms with Crippen LogP contribution in [0.3, 0.4) is 0 Å². The summed E-state index contributed by atoms with van der Waals surface area (Å²) in [6.45, 7) is 5.00. The lowest BCUT2D eigenvalue weighted by molar-refractivity contribution is 0.0230. The molecular formula is C13H20FN3O2. The number of nitrogens with one attached hydrogen (secondary N) is 1. The zero-order valence-electron chi connectivity index (χ0n) is 11.4. The predicted molar refractivity (Wildman–Crippen MR) is 71.7 cm³/mol. The van der Waals surface area contributed by atoms with Gasteiger partial charge in [0.2, 0.25) is 0 Å². The molecule has 0 spiro atoms. The van der Waals surface area contributed by atoms with Gasteiger partial charge in [0.1, 0.15) is 5.82 Å². The van der Waals surface area contributed by atoms with E-state index in [9.17, 15) is 4.39 Å². The van der Waals surface area contributed by atoms with Crippen LogP contribution in [0, 0.1) is 5.82 Å². The monoisotopic (exact) mass is 269 g/mol. The van der Waals surface area contributed by atoms with Crippen LogP contribution in [0.5, 0.6) is 0 Å². The molecule has 0 radical (unpaired) electrons. The van der Waals surface area contributed by atoms with Crippen LogP contribution >= 0.6 is 0 Å². The first kappa shape index (κ1) is 15.4. The van der Waals surface area contributed by atoms with Gasteiger partial charge >= 0.3 is 0 Å². The third-order valence-electron chi connectivity index (χ3n) is 2.87. The van der Waals surface area contributed by atoms with Crippen LogP contribution in [0.25, 0.3) is 0 Å². The number of oxime groups is 1. The number of benzene rings is 1. The molecule has 19 heavy (non-hydrogen) atoms. The molecule has 0 aliphatic heterocycles. The van der Waals surface area contributed by atoms with E-state index in [1.165, 1.54) is 12.1 Å². The normalized spacial score (nSPS) is 12.7. The lowest BCUT2D eigenvalue weighted by Crippen LogP contribution is -2.36. The van der Waals surface area contributed by atoms with Gasteiger partial charge < -0.3 is 21.0 Å². The van der Waals surface area contributed by atoms with E-state index in [2.05, 4.69) is 10.5 Å². The fourth-order valence-corrected chi connectivity index (χ4v) is 1.57. The lowest BCUT2D eigenvalue weighted by Gasteiger charge is -2.23. The summed E-state index contributed by atoms with van der Waals surface area (Å²) in [6, 6.07) is 4.19. The molecule has 0 fully saturated rings. The first-order valence-electron chi connectivity index (χ1n) is 5.92. The van der Waals surface area contributed by atoms with Crippen LogP contribution in [-0.2, 0) is 11.3 Å². The van der Waals surface area contributed by atoms with E-state index in [0.29, 0.717) is 18.7 Å². The van der Waals surface area contributed by atoms with Gasteiger partial charge in [-0.1, -0.05) is 11.2 Å². The summed E-state index contributed by atoms with van der Waals surface area (Å²) in [5.74, 6) is -0.537. The first-order valence-corrected chi connectivity index (χ1v) is 5.92. The Bertz CT molecular complexity index is 461. The Morgan fingerprint density at radius 3 is 2.79 bits per heavy atom. The molecule has 1 aromatic rings. The summed E-state index contributed by atoms with van der Waals surface area (Å²) in [7, 11) is 1.64. The Kier molecular flexibility index (Phi) is 5.26. The molecule has 0 saturated heterocycles. The maximum absolute atomic E-state index is 13.2. The van der Waals surface area contributed by atoms with E-state index >= 15 is 0 Å². The van der Waals surface area contributed by atoms with Gasteiger partial charge in [0.25, 0.3) is 0 Å². The summed E-state index contributed by atoms with van der Waals surface area (Å²) < 4.78 is 18.5. The van der Waals surface area contributed by atoms with Gasteiger partial charge in [-0.3, -0.25) is 0 Å². The molecule has 0 aliphatic carbocycles. The Morgan fingerprint density at radius 1 is 1.53 bits per heavy atom. The van der Waals surface area contributed by atoms with E-state index in [0.717, 1.165) is 5.56 Å². The largest absolute Gasteiger partial charge is 0.409 e. The van der Waals surface area contributed by atoms with Gasteiger partial charge in [-0.2, -0.15) is 0 Å². The summed E-state index contributed by atoms with van der Waals surface area (Å²) in [5.41, 5.74) is 6.37. The molecular weight excluding hydrogens is 249 g/mol. The molecule has 0 saturated carbocycles. The molecule has 5 nitrogen and oxygen atoms in total. The van der Waals surface area contributed by atoms with Crippen LogP contribution in [0.1, 0.15) is 25.0 Å². The van der Waals surface area contributed by atoms with Crippen molar-refractivity contribution in [3.05, 3.63) is 35.1 Å². The van der Waals surface area contributed by atoms with Gasteiger partial charge in [-0.25, -0.2) is 4.39 Å². The second-order valence-electron chi connectivity index (χ2n) is 4.85. The van der Waals surface area contributed by atoms with Gasteiger partial charge in [0, 0.05) is 25.8 Å². The van der Waals surface area contributed by atoms with Crippen LogP contribution in [0.4, 0.5) is 4.39 Å². The van der Waals surface area contributed by atoms with Crippen molar-refractivity contribution in [2.75, 3.05) is 13.7 Å². The second-order valence-corrected chi connectivity index (χ2v) is 4.85. The van der Waals surface area contributed by atoms with Crippen molar-refractivity contribution in [1.29, 1.82) is 0 Å². The smallest absolute Gasteiger partial charge is 0.170 e. The van der Waals surface area contributed by atoms with Crippen LogP contribution in [0.15, 0.2) is 23.4 Å². The van der Waals surface area contributed by atoms with Gasteiger partial charge in [0.15, 0.2) is 5.84 Å². The number of hydrogen-bond acceptors (Lipinski definition) is 4. The van der Waals surface area contributed by atoms with Crippen molar-refractivity contribution < 1.29 is 14.3 Å². The van der Waals surface area contributed by atoms with Gasteiger partial charge in [0.05, 0.1) is 5.60 Å². The Hall–Kier alpha value is -1.66. The molecule has 0 heterocycles. The van der Waals surface area contributed by atoms with Crippen molar-refractivity contribution in [3.63, 3.8) is 0 Å². The van der Waals surface area contributed by atoms with E-state index in [1.54, 1.807) is 13.2 Å². The Labute approximate surface area is 112 Å². The van der Waals surface area contributed by atoms with Crippen molar-refractivity contribution in [2.24, 2.45) is 10.9 Å². The highest BCUT2D eigenvalue weighted by Crippen LogP contribution is 2.12. The topological polar surface area (TPSA) is 79.9 Å². The Morgan fingerprint density at radius 2 is 2.21 bits per heavy atom. The molecule has 0 amide bonds. The first-order chi connectivity index (χ1) is 8.89. The predicted octanol–water partition coefficient (Wildman–Crippen LogP) is 1.43. The third kappa shape index (κ3) is 4.50. The van der Waals surface area contributed by atoms with Gasteiger partial charge in [-0.15, -0.1) is 0 Å². The number of halogens is 1.